The van der Waals surface area contributed by atoms with Crippen LogP contribution in [0.5, 0.6) is 5.75 Å². The van der Waals surface area contributed by atoms with Gasteiger partial charge in [0, 0.05) is 23.2 Å². The molecule has 0 aliphatic carbocycles. The molecule has 0 saturated heterocycles. The van der Waals surface area contributed by atoms with Crippen LogP contribution in [0.1, 0.15) is 31.0 Å². The molecule has 1 aromatic heterocycles. The number of nitrogens with zero attached hydrogens (tertiary/aromatic N) is 2. The largest absolute Gasteiger partial charge is 0.871 e. The van der Waals surface area contributed by atoms with Gasteiger partial charge in [0.2, 0.25) is 5.91 Å². The normalized spacial score (nSPS) is 12.1. The fourth-order valence-electron chi connectivity index (χ4n) is 2.89. The number of carbonyl (C=O) groups excluding carboxylic acids is 1. The number of non-ortho nitro benzene ring substituents is 1. The molecule has 1 amide bonds. The number of aromatic nitrogens is 1. The number of nitro groups is 1. The maximum absolute atomic E-state index is 13.1. The van der Waals surface area contributed by atoms with Crippen molar-refractivity contribution >= 4 is 34.1 Å². The molecule has 0 bridgehead atoms. The summed E-state index contributed by atoms with van der Waals surface area (Å²) in [6, 6.07) is 9.95. The highest BCUT2D eigenvalue weighted by Crippen LogP contribution is 2.38. The lowest BCUT2D eigenvalue weighted by Crippen LogP contribution is -2.33. The molecule has 1 atom stereocenters. The van der Waals surface area contributed by atoms with E-state index in [1.807, 2.05) is 0 Å². The standard InChI is InChI=1S/C20H18ClN3O4/c1-11(2)20(26)23-17(12-5-7-13(21)8-6-12)15-10-16(24(27)28)14-4-3-9-22-18(14)19(15)25/h3-11,17,25H,1-2H3,(H,23,26)/p-1/t17-/m1/s1. The first kappa shape index (κ1) is 19.6. The predicted molar refractivity (Wildman–Crippen MR) is 104 cm³/mol. The topological polar surface area (TPSA) is 108 Å². The molecular formula is C20H17ClN3O4-. The van der Waals surface area contributed by atoms with E-state index in [-0.39, 0.29) is 34.0 Å². The number of nitrogens with one attached hydrogen (secondary N) is 1. The van der Waals surface area contributed by atoms with Crippen molar-refractivity contribution < 1.29 is 14.8 Å². The summed E-state index contributed by atoms with van der Waals surface area (Å²) in [4.78, 5) is 27.4. The Morgan fingerprint density at radius 3 is 2.50 bits per heavy atom. The quantitative estimate of drug-likeness (QED) is 0.520. The van der Waals surface area contributed by atoms with Gasteiger partial charge in [-0.1, -0.05) is 43.3 Å². The molecule has 0 saturated carbocycles. The molecular weight excluding hydrogens is 382 g/mol. The number of pyridine rings is 1. The van der Waals surface area contributed by atoms with Gasteiger partial charge in [0.1, 0.15) is 0 Å². The van der Waals surface area contributed by atoms with Crippen LogP contribution in [-0.4, -0.2) is 15.8 Å². The van der Waals surface area contributed by atoms with Crippen molar-refractivity contribution in [3.05, 3.63) is 74.9 Å². The Morgan fingerprint density at radius 2 is 1.89 bits per heavy atom. The monoisotopic (exact) mass is 398 g/mol. The Morgan fingerprint density at radius 1 is 1.21 bits per heavy atom. The third-order valence-electron chi connectivity index (χ3n) is 4.38. The van der Waals surface area contributed by atoms with Crippen molar-refractivity contribution in [1.29, 1.82) is 0 Å². The van der Waals surface area contributed by atoms with Crippen molar-refractivity contribution in [3.63, 3.8) is 0 Å². The van der Waals surface area contributed by atoms with Gasteiger partial charge < -0.3 is 10.4 Å². The smallest absolute Gasteiger partial charge is 0.279 e. The van der Waals surface area contributed by atoms with Gasteiger partial charge in [-0.25, -0.2) is 0 Å². The lowest BCUT2D eigenvalue weighted by molar-refractivity contribution is -0.383. The van der Waals surface area contributed by atoms with Crippen LogP contribution in [-0.2, 0) is 4.79 Å². The lowest BCUT2D eigenvalue weighted by Gasteiger charge is -2.26. The molecule has 3 rings (SSSR count). The molecule has 1 N–H and O–H groups in total. The summed E-state index contributed by atoms with van der Waals surface area (Å²) in [5.74, 6) is -1.09. The van der Waals surface area contributed by atoms with Crippen LogP contribution in [0.2, 0.25) is 5.02 Å². The van der Waals surface area contributed by atoms with Crippen molar-refractivity contribution in [3.8, 4) is 5.75 Å². The zero-order valence-electron chi connectivity index (χ0n) is 15.2. The Labute approximate surface area is 166 Å². The van der Waals surface area contributed by atoms with Gasteiger partial charge in [0.25, 0.3) is 5.69 Å². The van der Waals surface area contributed by atoms with Gasteiger partial charge >= 0.3 is 0 Å². The Balaban J connectivity index is 2.25. The van der Waals surface area contributed by atoms with E-state index in [9.17, 15) is 20.0 Å². The van der Waals surface area contributed by atoms with E-state index >= 15 is 0 Å². The van der Waals surface area contributed by atoms with E-state index in [1.165, 1.54) is 24.4 Å². The number of fused-ring (bicyclic) bond motifs is 1. The Bertz CT molecular complexity index is 1050. The van der Waals surface area contributed by atoms with Crippen molar-refractivity contribution in [2.45, 2.75) is 19.9 Å². The third-order valence-corrected chi connectivity index (χ3v) is 4.63. The predicted octanol–water partition coefficient (Wildman–Crippen LogP) is 3.73. The van der Waals surface area contributed by atoms with E-state index in [2.05, 4.69) is 10.3 Å². The molecule has 8 heteroatoms. The Kier molecular flexibility index (Phi) is 5.46. The average molecular weight is 399 g/mol. The molecule has 0 unspecified atom stereocenters. The second-order valence-corrected chi connectivity index (χ2v) is 7.06. The van der Waals surface area contributed by atoms with Crippen molar-refractivity contribution in [2.75, 3.05) is 0 Å². The second kappa shape index (κ2) is 7.82. The van der Waals surface area contributed by atoms with Gasteiger partial charge in [0.15, 0.2) is 0 Å². The van der Waals surface area contributed by atoms with Gasteiger partial charge in [-0.2, -0.15) is 0 Å². The number of halogens is 1. The van der Waals surface area contributed by atoms with Gasteiger partial charge in [0.05, 0.1) is 21.9 Å². The highest BCUT2D eigenvalue weighted by Gasteiger charge is 2.24. The molecule has 3 aromatic rings. The minimum absolute atomic E-state index is 0.00976. The SMILES string of the molecule is CC(C)C(=O)N[C@H](c1ccc(Cl)cc1)c1cc([N+](=O)[O-])c2cccnc2c1[O-]. The fraction of sp³-hybridized carbons (Fsp3) is 0.200. The zero-order chi connectivity index (χ0) is 20.4. The summed E-state index contributed by atoms with van der Waals surface area (Å²) in [6.45, 7) is 3.44. The molecule has 7 nitrogen and oxygen atoms in total. The van der Waals surface area contributed by atoms with Crippen LogP contribution in [0.15, 0.2) is 48.7 Å². The summed E-state index contributed by atoms with van der Waals surface area (Å²) < 4.78 is 0. The summed E-state index contributed by atoms with van der Waals surface area (Å²) in [5.41, 5.74) is 0.411. The summed E-state index contributed by atoms with van der Waals surface area (Å²) in [7, 11) is 0. The first-order valence-electron chi connectivity index (χ1n) is 8.58. The van der Waals surface area contributed by atoms with Crippen LogP contribution >= 0.6 is 11.6 Å². The first-order chi connectivity index (χ1) is 13.3. The maximum atomic E-state index is 13.1. The van der Waals surface area contributed by atoms with Crippen LogP contribution in [0, 0.1) is 16.0 Å². The van der Waals surface area contributed by atoms with Gasteiger partial charge in [-0.3, -0.25) is 19.9 Å². The van der Waals surface area contributed by atoms with Crippen molar-refractivity contribution in [1.82, 2.24) is 10.3 Å². The summed E-state index contributed by atoms with van der Waals surface area (Å²) in [6.07, 6.45) is 1.40. The van der Waals surface area contributed by atoms with E-state index in [0.717, 1.165) is 0 Å². The zero-order valence-corrected chi connectivity index (χ0v) is 15.9. The maximum Gasteiger partial charge on any atom is 0.279 e. The number of nitro benzene ring substituents is 1. The van der Waals surface area contributed by atoms with E-state index in [1.54, 1.807) is 38.1 Å². The lowest BCUT2D eigenvalue weighted by atomic mass is 9.95. The van der Waals surface area contributed by atoms with Crippen LogP contribution in [0.4, 0.5) is 5.69 Å². The minimum Gasteiger partial charge on any atom is -0.871 e. The number of carbonyl (C=O) groups is 1. The summed E-state index contributed by atoms with van der Waals surface area (Å²) >= 11 is 5.95. The van der Waals surface area contributed by atoms with E-state index < -0.39 is 16.7 Å². The summed E-state index contributed by atoms with van der Waals surface area (Å²) in [5, 5.41) is 28.1. The van der Waals surface area contributed by atoms with Crippen molar-refractivity contribution in [2.24, 2.45) is 5.92 Å². The number of hydrogen-bond acceptors (Lipinski definition) is 5. The van der Waals surface area contributed by atoms with E-state index in [4.69, 9.17) is 11.6 Å². The molecule has 1 heterocycles. The molecule has 0 aliphatic rings. The fourth-order valence-corrected chi connectivity index (χ4v) is 3.02. The van der Waals surface area contributed by atoms with Crippen LogP contribution < -0.4 is 10.4 Å². The number of amides is 1. The number of hydrogen-bond donors (Lipinski definition) is 1. The van der Waals surface area contributed by atoms with E-state index in [0.29, 0.717) is 10.6 Å². The molecule has 0 aliphatic heterocycles. The molecule has 2 aromatic carbocycles. The van der Waals surface area contributed by atoms with Crippen LogP contribution in [0.3, 0.4) is 0 Å². The highest BCUT2D eigenvalue weighted by molar-refractivity contribution is 6.30. The van der Waals surface area contributed by atoms with Crippen LogP contribution in [0.25, 0.3) is 10.9 Å². The molecule has 0 fully saturated rings. The molecule has 144 valence electrons. The molecule has 28 heavy (non-hydrogen) atoms. The number of rotatable bonds is 5. The minimum atomic E-state index is -0.871. The number of benzene rings is 2. The highest BCUT2D eigenvalue weighted by atomic mass is 35.5. The molecule has 0 radical (unpaired) electrons. The Hall–Kier alpha value is -3.19. The van der Waals surface area contributed by atoms with Gasteiger partial charge in [-0.05, 0) is 35.4 Å². The first-order valence-corrected chi connectivity index (χ1v) is 8.96. The molecule has 0 spiro atoms. The second-order valence-electron chi connectivity index (χ2n) is 6.62. The van der Waals surface area contributed by atoms with Gasteiger partial charge in [-0.15, -0.1) is 0 Å². The average Bonchev–Trinajstić information content (AvgIpc) is 2.67. The third kappa shape index (κ3) is 3.75.